The SMILES string of the molecule is COc1ccc(NC(=O)c2ccc(-c3cccc(C(F)(F)F)c3)o2)cc1-n1nnnc1C. The van der Waals surface area contributed by atoms with Crippen LogP contribution in [0.1, 0.15) is 21.9 Å². The van der Waals surface area contributed by atoms with Crippen molar-refractivity contribution in [1.82, 2.24) is 20.2 Å². The molecule has 0 fully saturated rings. The van der Waals surface area contributed by atoms with Gasteiger partial charge < -0.3 is 14.5 Å². The summed E-state index contributed by atoms with van der Waals surface area (Å²) >= 11 is 0. The molecule has 164 valence electrons. The van der Waals surface area contributed by atoms with E-state index < -0.39 is 17.6 Å². The Labute approximate surface area is 179 Å². The largest absolute Gasteiger partial charge is 0.494 e. The van der Waals surface area contributed by atoms with Gasteiger partial charge in [0.25, 0.3) is 5.91 Å². The fourth-order valence-electron chi connectivity index (χ4n) is 3.04. The van der Waals surface area contributed by atoms with Crippen LogP contribution >= 0.6 is 0 Å². The number of benzene rings is 2. The number of carbonyl (C=O) groups excluding carboxylic acids is 1. The molecule has 2 aromatic carbocycles. The molecule has 1 amide bonds. The number of halogens is 3. The number of anilines is 1. The van der Waals surface area contributed by atoms with Crippen molar-refractivity contribution in [1.29, 1.82) is 0 Å². The quantitative estimate of drug-likeness (QED) is 0.488. The molecule has 0 atom stereocenters. The molecule has 0 radical (unpaired) electrons. The molecule has 0 aliphatic heterocycles. The molecule has 4 aromatic rings. The molecule has 0 saturated carbocycles. The number of alkyl halides is 3. The van der Waals surface area contributed by atoms with Gasteiger partial charge in [0, 0.05) is 11.3 Å². The molecule has 2 aromatic heterocycles. The molecule has 0 bridgehead atoms. The zero-order chi connectivity index (χ0) is 22.9. The number of rotatable bonds is 5. The van der Waals surface area contributed by atoms with Crippen molar-refractivity contribution in [3.05, 3.63) is 71.7 Å². The highest BCUT2D eigenvalue weighted by molar-refractivity contribution is 6.02. The standard InChI is InChI=1S/C21H16F3N5O3/c1-12-26-27-28-29(12)16-11-15(6-7-18(16)31-2)25-20(30)19-9-8-17(32-19)13-4-3-5-14(10-13)21(22,23)24/h3-11H,1-2H3,(H,25,30). The molecule has 32 heavy (non-hydrogen) atoms. The average Bonchev–Trinajstić information content (AvgIpc) is 3.42. The molecule has 0 aliphatic rings. The number of nitrogens with one attached hydrogen (secondary N) is 1. The van der Waals surface area contributed by atoms with Crippen LogP contribution in [0.5, 0.6) is 5.75 Å². The highest BCUT2D eigenvalue weighted by Gasteiger charge is 2.30. The molecular weight excluding hydrogens is 427 g/mol. The van der Waals surface area contributed by atoms with E-state index in [2.05, 4.69) is 20.8 Å². The minimum atomic E-state index is -4.48. The van der Waals surface area contributed by atoms with Crippen LogP contribution in [-0.2, 0) is 6.18 Å². The van der Waals surface area contributed by atoms with Gasteiger partial charge in [-0.3, -0.25) is 4.79 Å². The van der Waals surface area contributed by atoms with E-state index in [-0.39, 0.29) is 17.1 Å². The van der Waals surface area contributed by atoms with Gasteiger partial charge in [-0.1, -0.05) is 12.1 Å². The van der Waals surface area contributed by atoms with Crippen LogP contribution < -0.4 is 10.1 Å². The Balaban J connectivity index is 1.57. The summed E-state index contributed by atoms with van der Waals surface area (Å²) in [6.07, 6.45) is -4.48. The van der Waals surface area contributed by atoms with Crippen molar-refractivity contribution in [2.24, 2.45) is 0 Å². The first-order valence-corrected chi connectivity index (χ1v) is 9.28. The summed E-state index contributed by atoms with van der Waals surface area (Å²) in [6.45, 7) is 1.71. The third-order valence-electron chi connectivity index (χ3n) is 4.59. The maximum Gasteiger partial charge on any atom is 0.416 e. The van der Waals surface area contributed by atoms with Gasteiger partial charge in [0.1, 0.15) is 17.2 Å². The summed E-state index contributed by atoms with van der Waals surface area (Å²) in [5.41, 5.74) is 0.329. The molecular formula is C21H16F3N5O3. The minimum absolute atomic E-state index is 0.0617. The number of aromatic nitrogens is 4. The van der Waals surface area contributed by atoms with Crippen molar-refractivity contribution in [3.63, 3.8) is 0 Å². The van der Waals surface area contributed by atoms with E-state index in [1.807, 2.05) is 0 Å². The average molecular weight is 443 g/mol. The minimum Gasteiger partial charge on any atom is -0.494 e. The normalized spacial score (nSPS) is 11.4. The fraction of sp³-hybridized carbons (Fsp3) is 0.143. The second-order valence-corrected chi connectivity index (χ2v) is 6.72. The van der Waals surface area contributed by atoms with E-state index in [4.69, 9.17) is 9.15 Å². The lowest BCUT2D eigenvalue weighted by molar-refractivity contribution is -0.137. The lowest BCUT2D eigenvalue weighted by atomic mass is 10.1. The zero-order valence-corrected chi connectivity index (χ0v) is 16.8. The number of hydrogen-bond donors (Lipinski definition) is 1. The number of carbonyl (C=O) groups is 1. The van der Waals surface area contributed by atoms with E-state index in [1.165, 1.54) is 36.1 Å². The third-order valence-corrected chi connectivity index (χ3v) is 4.59. The van der Waals surface area contributed by atoms with Crippen molar-refractivity contribution >= 4 is 11.6 Å². The fourth-order valence-corrected chi connectivity index (χ4v) is 3.04. The number of amides is 1. The van der Waals surface area contributed by atoms with Crippen LogP contribution in [0.4, 0.5) is 18.9 Å². The monoisotopic (exact) mass is 443 g/mol. The van der Waals surface area contributed by atoms with Gasteiger partial charge in [-0.2, -0.15) is 17.9 Å². The van der Waals surface area contributed by atoms with Crippen molar-refractivity contribution < 1.29 is 27.1 Å². The van der Waals surface area contributed by atoms with E-state index in [0.29, 0.717) is 22.9 Å². The van der Waals surface area contributed by atoms with Gasteiger partial charge in [0.15, 0.2) is 11.6 Å². The van der Waals surface area contributed by atoms with Crippen molar-refractivity contribution in [2.75, 3.05) is 12.4 Å². The summed E-state index contributed by atoms with van der Waals surface area (Å²) in [7, 11) is 1.49. The maximum atomic E-state index is 13.0. The Morgan fingerprint density at radius 1 is 1.12 bits per heavy atom. The van der Waals surface area contributed by atoms with Gasteiger partial charge in [-0.05, 0) is 59.8 Å². The second kappa shape index (κ2) is 8.17. The molecule has 8 nitrogen and oxygen atoms in total. The highest BCUT2D eigenvalue weighted by Crippen LogP contribution is 2.33. The number of hydrogen-bond acceptors (Lipinski definition) is 6. The van der Waals surface area contributed by atoms with Crippen LogP contribution in [0.25, 0.3) is 17.0 Å². The van der Waals surface area contributed by atoms with Gasteiger partial charge in [-0.25, -0.2) is 0 Å². The van der Waals surface area contributed by atoms with Crippen molar-refractivity contribution in [2.45, 2.75) is 13.1 Å². The molecule has 2 heterocycles. The number of furan rings is 1. The first-order valence-electron chi connectivity index (χ1n) is 9.28. The predicted molar refractivity (Wildman–Crippen MR) is 108 cm³/mol. The van der Waals surface area contributed by atoms with E-state index in [0.717, 1.165) is 12.1 Å². The van der Waals surface area contributed by atoms with Gasteiger partial charge >= 0.3 is 6.18 Å². The second-order valence-electron chi connectivity index (χ2n) is 6.72. The molecule has 0 aliphatic carbocycles. The van der Waals surface area contributed by atoms with Crippen LogP contribution in [0.2, 0.25) is 0 Å². The van der Waals surface area contributed by atoms with E-state index >= 15 is 0 Å². The number of tetrazole rings is 1. The summed E-state index contributed by atoms with van der Waals surface area (Å²) < 4.78 is 51.1. The number of methoxy groups -OCH3 is 1. The Morgan fingerprint density at radius 3 is 2.62 bits per heavy atom. The predicted octanol–water partition coefficient (Wildman–Crippen LogP) is 4.51. The van der Waals surface area contributed by atoms with Crippen LogP contribution in [0.15, 0.2) is 59.0 Å². The summed E-state index contributed by atoms with van der Waals surface area (Å²) in [6, 6.07) is 12.4. The molecule has 0 saturated heterocycles. The summed E-state index contributed by atoms with van der Waals surface area (Å²) in [4.78, 5) is 12.6. The molecule has 4 rings (SSSR count). The van der Waals surface area contributed by atoms with Gasteiger partial charge in [0.2, 0.25) is 0 Å². The van der Waals surface area contributed by atoms with Crippen LogP contribution in [0.3, 0.4) is 0 Å². The topological polar surface area (TPSA) is 95.1 Å². The van der Waals surface area contributed by atoms with Crippen LogP contribution in [0, 0.1) is 6.92 Å². The van der Waals surface area contributed by atoms with E-state index in [1.54, 1.807) is 25.1 Å². The lowest BCUT2D eigenvalue weighted by Gasteiger charge is -2.11. The smallest absolute Gasteiger partial charge is 0.416 e. The van der Waals surface area contributed by atoms with Gasteiger partial charge in [-0.15, -0.1) is 5.10 Å². The number of aryl methyl sites for hydroxylation is 1. The Morgan fingerprint density at radius 2 is 1.94 bits per heavy atom. The van der Waals surface area contributed by atoms with Crippen molar-refractivity contribution in [3.8, 4) is 22.8 Å². The number of ether oxygens (including phenoxy) is 1. The lowest BCUT2D eigenvalue weighted by Crippen LogP contribution is -2.12. The molecule has 11 heteroatoms. The van der Waals surface area contributed by atoms with E-state index in [9.17, 15) is 18.0 Å². The summed E-state index contributed by atoms with van der Waals surface area (Å²) in [5.74, 6) is 0.508. The number of nitrogens with zero attached hydrogens (tertiary/aromatic N) is 4. The summed E-state index contributed by atoms with van der Waals surface area (Å²) in [5, 5.41) is 14.0. The Hall–Kier alpha value is -4.15. The Kier molecular flexibility index (Phi) is 5.39. The maximum absolute atomic E-state index is 13.0. The molecule has 0 unspecified atom stereocenters. The third kappa shape index (κ3) is 4.17. The Bertz CT molecular complexity index is 1280. The molecule has 0 spiro atoms. The first kappa shape index (κ1) is 21.1. The van der Waals surface area contributed by atoms with Gasteiger partial charge in [0.05, 0.1) is 12.7 Å². The first-order chi connectivity index (χ1) is 15.3. The zero-order valence-electron chi connectivity index (χ0n) is 16.8. The molecule has 1 N–H and O–H groups in total. The highest BCUT2D eigenvalue weighted by atomic mass is 19.4. The van der Waals surface area contributed by atoms with Crippen LogP contribution in [-0.4, -0.2) is 33.2 Å².